The molecule has 4 unspecified atom stereocenters. The molecule has 0 aliphatic heterocycles. The van der Waals surface area contributed by atoms with Crippen LogP contribution in [0.4, 0.5) is 11.4 Å². The fourth-order valence-electron chi connectivity index (χ4n) is 5.54. The molecule has 0 aromatic heterocycles. The first-order valence-electron chi connectivity index (χ1n) is 13.4. The predicted molar refractivity (Wildman–Crippen MR) is 155 cm³/mol. The lowest BCUT2D eigenvalue weighted by Gasteiger charge is -2.44. The summed E-state index contributed by atoms with van der Waals surface area (Å²) in [4.78, 5) is 41.3. The van der Waals surface area contributed by atoms with Crippen LogP contribution in [0.25, 0.3) is 0 Å². The molecule has 6 nitrogen and oxygen atoms in total. The molecule has 0 spiro atoms. The van der Waals surface area contributed by atoms with Crippen LogP contribution in [0, 0.1) is 25.7 Å². The molecule has 2 amide bonds. The van der Waals surface area contributed by atoms with Gasteiger partial charge in [0.1, 0.15) is 11.7 Å². The van der Waals surface area contributed by atoms with Crippen molar-refractivity contribution in [1.29, 1.82) is 0 Å². The van der Waals surface area contributed by atoms with Crippen LogP contribution in [-0.4, -0.2) is 28.3 Å². The predicted octanol–water partition coefficient (Wildman–Crippen LogP) is 5.92. The molecule has 4 atom stereocenters. The summed E-state index contributed by atoms with van der Waals surface area (Å²) in [6.07, 6.45) is -0.304. The van der Waals surface area contributed by atoms with E-state index < -0.39 is 41.0 Å². The first-order valence-corrected chi connectivity index (χ1v) is 13.4. The average Bonchev–Trinajstić information content (AvgIpc) is 2.85. The Labute approximate surface area is 230 Å². The van der Waals surface area contributed by atoms with E-state index in [4.69, 9.17) is 0 Å². The normalized spacial score (nSPS) is 23.3. The van der Waals surface area contributed by atoms with Gasteiger partial charge in [-0.15, -0.1) is 0 Å². The van der Waals surface area contributed by atoms with Gasteiger partial charge in [0.15, 0.2) is 0 Å². The summed E-state index contributed by atoms with van der Waals surface area (Å²) in [7, 11) is 0. The fraction of sp³-hybridized carbons (Fsp3) is 0.364. The number of amides is 2. The molecule has 3 aromatic carbocycles. The smallest absolute Gasteiger partial charge is 0.235 e. The molecule has 1 fully saturated rings. The van der Waals surface area contributed by atoms with Gasteiger partial charge >= 0.3 is 0 Å². The van der Waals surface area contributed by atoms with Gasteiger partial charge in [-0.25, -0.2) is 0 Å². The number of carbonyl (C=O) groups is 3. The monoisotopic (exact) mass is 526 g/mol. The van der Waals surface area contributed by atoms with Crippen molar-refractivity contribution in [1.82, 2.24) is 0 Å². The molecule has 1 aliphatic carbocycles. The Morgan fingerprint density at radius 1 is 0.821 bits per heavy atom. The van der Waals surface area contributed by atoms with Gasteiger partial charge in [-0.1, -0.05) is 81.4 Å². The third kappa shape index (κ3) is 5.96. The molecule has 0 saturated heterocycles. The largest absolute Gasteiger partial charge is 0.389 e. The number of para-hydroxylation sites is 2. The van der Waals surface area contributed by atoms with E-state index in [1.165, 1.54) is 6.92 Å². The second kappa shape index (κ2) is 10.8. The maximum Gasteiger partial charge on any atom is 0.235 e. The summed E-state index contributed by atoms with van der Waals surface area (Å²) in [5, 5.41) is 17.4. The van der Waals surface area contributed by atoms with E-state index in [0.29, 0.717) is 16.9 Å². The molecule has 0 bridgehead atoms. The van der Waals surface area contributed by atoms with Crippen LogP contribution in [0.3, 0.4) is 0 Å². The van der Waals surface area contributed by atoms with E-state index in [1.54, 1.807) is 12.1 Å². The highest BCUT2D eigenvalue weighted by molar-refractivity contribution is 6.10. The van der Waals surface area contributed by atoms with Crippen LogP contribution in [-0.2, 0) is 19.8 Å². The number of Topliss-reactive ketones (excluding diaryl/α,β-unsaturated/α-hetero) is 1. The zero-order valence-corrected chi connectivity index (χ0v) is 23.5. The number of carbonyl (C=O) groups excluding carboxylic acids is 3. The Bertz CT molecular complexity index is 1390. The van der Waals surface area contributed by atoms with Gasteiger partial charge in [-0.05, 0) is 60.6 Å². The van der Waals surface area contributed by atoms with Crippen molar-refractivity contribution in [3.05, 3.63) is 95.1 Å². The molecule has 1 aliphatic rings. The number of aryl methyl sites for hydroxylation is 2. The Kier molecular flexibility index (Phi) is 7.80. The molecule has 204 valence electrons. The maximum atomic E-state index is 13.9. The van der Waals surface area contributed by atoms with Crippen LogP contribution in [0.5, 0.6) is 0 Å². The van der Waals surface area contributed by atoms with E-state index in [2.05, 4.69) is 31.4 Å². The molecule has 1 saturated carbocycles. The number of nitrogens with one attached hydrogen (secondary N) is 2. The molecule has 4 rings (SSSR count). The zero-order chi connectivity index (χ0) is 28.5. The molecule has 0 radical (unpaired) electrons. The van der Waals surface area contributed by atoms with Gasteiger partial charge in [0.2, 0.25) is 11.8 Å². The first kappa shape index (κ1) is 28.2. The quantitative estimate of drug-likeness (QED) is 0.360. The highest BCUT2D eigenvalue weighted by Gasteiger charge is 2.56. The summed E-state index contributed by atoms with van der Waals surface area (Å²) < 4.78 is 0. The van der Waals surface area contributed by atoms with Gasteiger partial charge in [-0.3, -0.25) is 14.4 Å². The van der Waals surface area contributed by atoms with Crippen molar-refractivity contribution in [2.75, 3.05) is 10.6 Å². The molecule has 6 heteroatoms. The molecular weight excluding hydrogens is 488 g/mol. The Morgan fingerprint density at radius 2 is 1.31 bits per heavy atom. The number of rotatable bonds is 5. The van der Waals surface area contributed by atoms with E-state index in [1.807, 2.05) is 74.5 Å². The highest BCUT2D eigenvalue weighted by Crippen LogP contribution is 2.47. The van der Waals surface area contributed by atoms with Crippen LogP contribution in [0.1, 0.15) is 62.3 Å². The van der Waals surface area contributed by atoms with Gasteiger partial charge in [0.05, 0.1) is 11.5 Å². The number of benzene rings is 3. The number of hydrogen-bond acceptors (Lipinski definition) is 4. The van der Waals surface area contributed by atoms with E-state index >= 15 is 0 Å². The summed E-state index contributed by atoms with van der Waals surface area (Å²) in [5.41, 5.74) is 2.95. The average molecular weight is 527 g/mol. The standard InChI is InChI=1S/C33H38N2O4/c1-20-11-7-9-13-24(20)34-30(37)28-26(36)19-33(6,39)29(31(38)35-25-14-10-8-12-21(25)2)27(28)22-15-17-23(18-16-22)32(3,4)5/h7-18,27-29,39H,19H2,1-6H3,(H,34,37)(H,35,38). The third-order valence-electron chi connectivity index (χ3n) is 7.80. The van der Waals surface area contributed by atoms with E-state index in [-0.39, 0.29) is 11.8 Å². The Morgan fingerprint density at radius 3 is 1.79 bits per heavy atom. The van der Waals surface area contributed by atoms with Gasteiger partial charge in [0, 0.05) is 23.7 Å². The van der Waals surface area contributed by atoms with Crippen LogP contribution in [0.15, 0.2) is 72.8 Å². The van der Waals surface area contributed by atoms with Crippen LogP contribution in [0.2, 0.25) is 0 Å². The number of anilines is 2. The number of aliphatic hydroxyl groups is 1. The summed E-state index contributed by atoms with van der Waals surface area (Å²) in [5.74, 6) is -4.39. The summed E-state index contributed by atoms with van der Waals surface area (Å²) in [6, 6.07) is 22.4. The van der Waals surface area contributed by atoms with Crippen molar-refractivity contribution in [2.24, 2.45) is 11.8 Å². The van der Waals surface area contributed by atoms with Gasteiger partial charge in [0.25, 0.3) is 0 Å². The Balaban J connectivity index is 1.81. The topological polar surface area (TPSA) is 95.5 Å². The minimum Gasteiger partial charge on any atom is -0.389 e. The molecule has 3 aromatic rings. The number of hydrogen-bond donors (Lipinski definition) is 3. The lowest BCUT2D eigenvalue weighted by Crippen LogP contribution is -2.56. The van der Waals surface area contributed by atoms with Crippen molar-refractivity contribution in [2.45, 2.75) is 64.9 Å². The summed E-state index contributed by atoms with van der Waals surface area (Å²) in [6.45, 7) is 11.6. The second-order valence-corrected chi connectivity index (χ2v) is 12.0. The summed E-state index contributed by atoms with van der Waals surface area (Å²) >= 11 is 0. The molecule has 39 heavy (non-hydrogen) atoms. The lowest BCUT2D eigenvalue weighted by molar-refractivity contribution is -0.150. The fourth-order valence-corrected chi connectivity index (χ4v) is 5.54. The number of ketones is 1. The van der Waals surface area contributed by atoms with Crippen molar-refractivity contribution >= 4 is 29.0 Å². The molecule has 3 N–H and O–H groups in total. The third-order valence-corrected chi connectivity index (χ3v) is 7.80. The van der Waals surface area contributed by atoms with Crippen LogP contribution >= 0.6 is 0 Å². The van der Waals surface area contributed by atoms with E-state index in [9.17, 15) is 19.5 Å². The lowest BCUT2D eigenvalue weighted by atomic mass is 9.61. The minimum atomic E-state index is -1.66. The molecular formula is C33H38N2O4. The van der Waals surface area contributed by atoms with E-state index in [0.717, 1.165) is 16.7 Å². The van der Waals surface area contributed by atoms with Crippen molar-refractivity contribution in [3.8, 4) is 0 Å². The van der Waals surface area contributed by atoms with Gasteiger partial charge < -0.3 is 15.7 Å². The minimum absolute atomic E-state index is 0.102. The SMILES string of the molecule is Cc1ccccc1NC(=O)C1C(=O)CC(C)(O)C(C(=O)Nc2ccccc2C)C1c1ccc(C(C)(C)C)cc1. The highest BCUT2D eigenvalue weighted by atomic mass is 16.3. The van der Waals surface area contributed by atoms with Crippen molar-refractivity contribution < 1.29 is 19.5 Å². The maximum absolute atomic E-state index is 13.9. The second-order valence-electron chi connectivity index (χ2n) is 12.0. The Hall–Kier alpha value is -3.77. The van der Waals surface area contributed by atoms with Crippen molar-refractivity contribution in [3.63, 3.8) is 0 Å². The first-order chi connectivity index (χ1) is 18.3. The zero-order valence-electron chi connectivity index (χ0n) is 23.5. The molecule has 0 heterocycles. The van der Waals surface area contributed by atoms with Crippen LogP contribution < -0.4 is 10.6 Å². The van der Waals surface area contributed by atoms with Gasteiger partial charge in [-0.2, -0.15) is 0 Å².